The lowest BCUT2D eigenvalue weighted by molar-refractivity contribution is 0.0910. The first kappa shape index (κ1) is 16.2. The van der Waals surface area contributed by atoms with Crippen LogP contribution in [-0.2, 0) is 6.54 Å². The number of oxazole rings is 1. The molecule has 3 rings (SSSR count). The summed E-state index contributed by atoms with van der Waals surface area (Å²) in [6.45, 7) is 3.92. The molecule has 124 valence electrons. The molecule has 5 heteroatoms. The molecule has 2 N–H and O–H groups in total. The fourth-order valence-electron chi connectivity index (χ4n) is 3.10. The van der Waals surface area contributed by atoms with Crippen LogP contribution in [-0.4, -0.2) is 47.3 Å². The third kappa shape index (κ3) is 4.41. The highest BCUT2D eigenvalue weighted by Gasteiger charge is 2.20. The van der Waals surface area contributed by atoms with Gasteiger partial charge in [-0.15, -0.1) is 0 Å². The second-order valence-corrected chi connectivity index (χ2v) is 6.05. The number of benzene rings is 1. The first-order valence-corrected chi connectivity index (χ1v) is 8.42. The summed E-state index contributed by atoms with van der Waals surface area (Å²) in [4.78, 5) is 6.90. The van der Waals surface area contributed by atoms with Gasteiger partial charge < -0.3 is 14.8 Å². The smallest absolute Gasteiger partial charge is 0.226 e. The molecule has 1 aromatic heterocycles. The molecular weight excluding hydrogens is 290 g/mol. The van der Waals surface area contributed by atoms with Crippen molar-refractivity contribution in [1.82, 2.24) is 15.2 Å². The number of piperidine rings is 1. The van der Waals surface area contributed by atoms with Crippen LogP contribution < -0.4 is 5.32 Å². The summed E-state index contributed by atoms with van der Waals surface area (Å²) in [6, 6.07) is 10.3. The quantitative estimate of drug-likeness (QED) is 0.768. The van der Waals surface area contributed by atoms with E-state index in [0.717, 1.165) is 37.3 Å². The average Bonchev–Trinajstić information content (AvgIpc) is 3.09. The largest absolute Gasteiger partial charge is 0.444 e. The Morgan fingerprint density at radius 1 is 1.26 bits per heavy atom. The predicted molar refractivity (Wildman–Crippen MR) is 89.9 cm³/mol. The van der Waals surface area contributed by atoms with E-state index in [9.17, 15) is 5.11 Å². The van der Waals surface area contributed by atoms with Gasteiger partial charge in [0.1, 0.15) is 6.26 Å². The minimum Gasteiger partial charge on any atom is -0.444 e. The van der Waals surface area contributed by atoms with Gasteiger partial charge in [0.15, 0.2) is 0 Å². The molecule has 1 atom stereocenters. The van der Waals surface area contributed by atoms with Crippen LogP contribution in [0.5, 0.6) is 0 Å². The zero-order valence-electron chi connectivity index (χ0n) is 13.4. The summed E-state index contributed by atoms with van der Waals surface area (Å²) >= 11 is 0. The monoisotopic (exact) mass is 315 g/mol. The van der Waals surface area contributed by atoms with Crippen LogP contribution in [0.2, 0.25) is 0 Å². The Hall–Kier alpha value is -1.69. The molecule has 1 aliphatic heterocycles. The summed E-state index contributed by atoms with van der Waals surface area (Å²) in [5, 5.41) is 12.8. The van der Waals surface area contributed by atoms with E-state index >= 15 is 0 Å². The van der Waals surface area contributed by atoms with E-state index in [-0.39, 0.29) is 6.61 Å². The molecule has 1 saturated heterocycles. The molecule has 0 spiro atoms. The molecule has 0 amide bonds. The van der Waals surface area contributed by atoms with E-state index in [0.29, 0.717) is 18.5 Å². The Morgan fingerprint density at radius 2 is 2.13 bits per heavy atom. The lowest BCUT2D eigenvalue weighted by Gasteiger charge is -2.34. The van der Waals surface area contributed by atoms with Gasteiger partial charge in [-0.25, -0.2) is 4.98 Å². The highest BCUT2D eigenvalue weighted by molar-refractivity contribution is 5.52. The van der Waals surface area contributed by atoms with Crippen LogP contribution in [0, 0.1) is 0 Å². The van der Waals surface area contributed by atoms with Crippen LogP contribution >= 0.6 is 0 Å². The highest BCUT2D eigenvalue weighted by Crippen LogP contribution is 2.18. The van der Waals surface area contributed by atoms with Crippen LogP contribution in [0.3, 0.4) is 0 Å². The normalized spacial score (nSPS) is 19.1. The van der Waals surface area contributed by atoms with Crippen molar-refractivity contribution in [3.63, 3.8) is 0 Å². The van der Waals surface area contributed by atoms with Crippen LogP contribution in [0.25, 0.3) is 11.5 Å². The number of nitrogens with zero attached hydrogens (tertiary/aromatic N) is 2. The first-order valence-electron chi connectivity index (χ1n) is 8.42. The molecule has 5 nitrogen and oxygen atoms in total. The van der Waals surface area contributed by atoms with Crippen LogP contribution in [0.4, 0.5) is 0 Å². The third-order valence-corrected chi connectivity index (χ3v) is 4.41. The Labute approximate surface area is 137 Å². The topological polar surface area (TPSA) is 61.5 Å². The molecule has 1 unspecified atom stereocenters. The number of likely N-dealkylation sites (tertiary alicyclic amines) is 1. The van der Waals surface area contributed by atoms with Crippen molar-refractivity contribution in [2.24, 2.45) is 0 Å². The Bertz CT molecular complexity index is 585. The number of aromatic nitrogens is 1. The zero-order valence-corrected chi connectivity index (χ0v) is 13.4. The van der Waals surface area contributed by atoms with Gasteiger partial charge in [-0.3, -0.25) is 4.90 Å². The summed E-state index contributed by atoms with van der Waals surface area (Å²) in [5.41, 5.74) is 1.92. The maximum absolute atomic E-state index is 9.42. The van der Waals surface area contributed by atoms with Crippen LogP contribution in [0.15, 0.2) is 41.0 Å². The van der Waals surface area contributed by atoms with Gasteiger partial charge in [0.2, 0.25) is 5.89 Å². The van der Waals surface area contributed by atoms with Gasteiger partial charge in [-0.1, -0.05) is 24.6 Å². The first-order chi connectivity index (χ1) is 11.4. The standard InChI is InChI=1S/C18H25N3O2/c22-13-17-8-4-5-10-21(17)11-9-19-12-16-14-23-18(20-16)15-6-2-1-3-7-15/h1-3,6-7,14,17,19,22H,4-5,8-13H2. The molecule has 1 aliphatic rings. The van der Waals surface area contributed by atoms with Gasteiger partial charge in [0.25, 0.3) is 0 Å². The third-order valence-electron chi connectivity index (χ3n) is 4.41. The summed E-state index contributed by atoms with van der Waals surface area (Å²) in [6.07, 6.45) is 5.30. The lowest BCUT2D eigenvalue weighted by Crippen LogP contribution is -2.44. The SMILES string of the molecule is OCC1CCCCN1CCNCc1coc(-c2ccccc2)n1. The Balaban J connectivity index is 1.43. The number of aliphatic hydroxyl groups excluding tert-OH is 1. The fraction of sp³-hybridized carbons (Fsp3) is 0.500. The molecule has 0 radical (unpaired) electrons. The summed E-state index contributed by atoms with van der Waals surface area (Å²) in [5.74, 6) is 0.666. The number of aliphatic hydroxyl groups is 1. The van der Waals surface area contributed by atoms with Crippen molar-refractivity contribution >= 4 is 0 Å². The predicted octanol–water partition coefficient (Wildman–Crippen LogP) is 2.28. The Morgan fingerprint density at radius 3 is 2.96 bits per heavy atom. The van der Waals surface area contributed by atoms with E-state index in [1.54, 1.807) is 6.26 Å². The van der Waals surface area contributed by atoms with Crippen molar-refractivity contribution < 1.29 is 9.52 Å². The summed E-state index contributed by atoms with van der Waals surface area (Å²) in [7, 11) is 0. The number of hydrogen-bond acceptors (Lipinski definition) is 5. The van der Waals surface area contributed by atoms with E-state index < -0.39 is 0 Å². The van der Waals surface area contributed by atoms with Gasteiger partial charge in [0.05, 0.1) is 12.3 Å². The maximum atomic E-state index is 9.42. The second kappa shape index (κ2) is 8.24. The van der Waals surface area contributed by atoms with Crippen molar-refractivity contribution in [1.29, 1.82) is 0 Å². The number of hydrogen-bond donors (Lipinski definition) is 2. The van der Waals surface area contributed by atoms with E-state index in [2.05, 4.69) is 15.2 Å². The summed E-state index contributed by atoms with van der Waals surface area (Å²) < 4.78 is 5.54. The average molecular weight is 315 g/mol. The minimum absolute atomic E-state index is 0.268. The number of nitrogens with one attached hydrogen (secondary N) is 1. The molecule has 0 aliphatic carbocycles. The van der Waals surface area contributed by atoms with Gasteiger partial charge in [-0.2, -0.15) is 0 Å². The van der Waals surface area contributed by atoms with E-state index in [1.807, 2.05) is 30.3 Å². The number of rotatable bonds is 7. The second-order valence-electron chi connectivity index (χ2n) is 6.05. The van der Waals surface area contributed by atoms with Crippen molar-refractivity contribution in [3.05, 3.63) is 42.3 Å². The fourth-order valence-corrected chi connectivity index (χ4v) is 3.10. The molecule has 0 bridgehead atoms. The van der Waals surface area contributed by atoms with Gasteiger partial charge >= 0.3 is 0 Å². The van der Waals surface area contributed by atoms with Crippen molar-refractivity contribution in [2.45, 2.75) is 31.8 Å². The Kier molecular flexibility index (Phi) is 5.80. The van der Waals surface area contributed by atoms with Crippen molar-refractivity contribution in [2.75, 3.05) is 26.2 Å². The van der Waals surface area contributed by atoms with Crippen molar-refractivity contribution in [3.8, 4) is 11.5 Å². The maximum Gasteiger partial charge on any atom is 0.226 e. The molecule has 0 saturated carbocycles. The molecule has 2 aromatic rings. The molecule has 1 fully saturated rings. The van der Waals surface area contributed by atoms with Crippen LogP contribution in [0.1, 0.15) is 25.0 Å². The van der Waals surface area contributed by atoms with E-state index in [1.165, 1.54) is 12.8 Å². The minimum atomic E-state index is 0.268. The van der Waals surface area contributed by atoms with Gasteiger partial charge in [-0.05, 0) is 31.5 Å². The van der Waals surface area contributed by atoms with Gasteiger partial charge in [0, 0.05) is 31.2 Å². The molecule has 2 heterocycles. The molecule has 23 heavy (non-hydrogen) atoms. The molecular formula is C18H25N3O2. The lowest BCUT2D eigenvalue weighted by atomic mass is 10.0. The molecule has 1 aromatic carbocycles. The zero-order chi connectivity index (χ0) is 15.9. The van der Waals surface area contributed by atoms with E-state index in [4.69, 9.17) is 4.42 Å². The highest BCUT2D eigenvalue weighted by atomic mass is 16.3.